The van der Waals surface area contributed by atoms with Gasteiger partial charge in [-0.1, -0.05) is 6.07 Å². The normalized spacial score (nSPS) is 18.2. The molecule has 0 spiro atoms. The van der Waals surface area contributed by atoms with Gasteiger partial charge < -0.3 is 19.5 Å². The van der Waals surface area contributed by atoms with Crippen LogP contribution in [-0.4, -0.2) is 33.0 Å². The summed E-state index contributed by atoms with van der Waals surface area (Å²) in [6.45, 7) is 1.04. The van der Waals surface area contributed by atoms with E-state index < -0.39 is 0 Å². The molecule has 0 radical (unpaired) electrons. The first kappa shape index (κ1) is 12.3. The fraction of sp³-hybridized carbons (Fsp3) is 0.500. The van der Waals surface area contributed by atoms with Gasteiger partial charge >= 0.3 is 0 Å². The summed E-state index contributed by atoms with van der Waals surface area (Å²) in [6, 6.07) is 6.02. The van der Waals surface area contributed by atoms with Crippen molar-refractivity contribution in [2.75, 3.05) is 27.1 Å². The molecule has 1 heterocycles. The van der Waals surface area contributed by atoms with Crippen LogP contribution in [0.5, 0.6) is 11.5 Å². The van der Waals surface area contributed by atoms with Crippen LogP contribution in [0.1, 0.15) is 18.4 Å². The van der Waals surface area contributed by atoms with Gasteiger partial charge in [0.1, 0.15) is 6.61 Å². The van der Waals surface area contributed by atoms with Gasteiger partial charge in [-0.05, 0) is 30.5 Å². The van der Waals surface area contributed by atoms with E-state index in [0.29, 0.717) is 6.54 Å². The molecule has 19 heavy (non-hydrogen) atoms. The number of rotatable bonds is 5. The third kappa shape index (κ3) is 2.38. The lowest BCUT2D eigenvalue weighted by molar-refractivity contribution is -0.124. The lowest BCUT2D eigenvalue weighted by atomic mass is 9.95. The maximum atomic E-state index is 11.5. The average Bonchev–Trinajstić information content (AvgIpc) is 3.06. The highest BCUT2D eigenvalue weighted by Gasteiger charge is 2.44. The molecule has 1 aromatic carbocycles. The van der Waals surface area contributed by atoms with E-state index in [1.807, 2.05) is 12.1 Å². The first-order chi connectivity index (χ1) is 9.23. The molecule has 1 N–H and O–H groups in total. The van der Waals surface area contributed by atoms with Crippen molar-refractivity contribution in [2.24, 2.45) is 0 Å². The molecular weight excluding hydrogens is 246 g/mol. The van der Waals surface area contributed by atoms with Gasteiger partial charge in [-0.2, -0.15) is 0 Å². The minimum Gasteiger partial charge on any atom is -0.454 e. The van der Waals surface area contributed by atoms with Gasteiger partial charge in [0.05, 0.1) is 0 Å². The van der Waals surface area contributed by atoms with Crippen LogP contribution in [0.25, 0.3) is 0 Å². The Balaban J connectivity index is 1.69. The second-order valence-electron chi connectivity index (χ2n) is 5.06. The van der Waals surface area contributed by atoms with E-state index in [2.05, 4.69) is 11.4 Å². The lowest BCUT2D eigenvalue weighted by Gasteiger charge is -2.17. The Morgan fingerprint density at radius 2 is 2.16 bits per heavy atom. The molecule has 0 aromatic heterocycles. The van der Waals surface area contributed by atoms with Gasteiger partial charge in [0.15, 0.2) is 11.5 Å². The molecule has 1 aliphatic heterocycles. The van der Waals surface area contributed by atoms with Crippen LogP contribution in [-0.2, 0) is 14.9 Å². The molecule has 1 aromatic rings. The molecule has 1 amide bonds. The van der Waals surface area contributed by atoms with Crippen molar-refractivity contribution in [3.63, 3.8) is 0 Å². The van der Waals surface area contributed by atoms with Crippen molar-refractivity contribution in [1.29, 1.82) is 0 Å². The number of amides is 1. The minimum absolute atomic E-state index is 0.0599. The van der Waals surface area contributed by atoms with E-state index >= 15 is 0 Å². The molecule has 1 aliphatic carbocycles. The van der Waals surface area contributed by atoms with Crippen LogP contribution in [0.3, 0.4) is 0 Å². The van der Waals surface area contributed by atoms with Crippen LogP contribution in [0.4, 0.5) is 0 Å². The Morgan fingerprint density at radius 1 is 1.37 bits per heavy atom. The van der Waals surface area contributed by atoms with Gasteiger partial charge in [0, 0.05) is 19.1 Å². The molecule has 5 nitrogen and oxygen atoms in total. The average molecular weight is 263 g/mol. The third-order valence-corrected chi connectivity index (χ3v) is 3.74. The minimum atomic E-state index is -0.0745. The van der Waals surface area contributed by atoms with Crippen LogP contribution >= 0.6 is 0 Å². The zero-order valence-corrected chi connectivity index (χ0v) is 10.9. The van der Waals surface area contributed by atoms with E-state index in [4.69, 9.17) is 14.2 Å². The maximum absolute atomic E-state index is 11.5. The Hall–Kier alpha value is -1.75. The van der Waals surface area contributed by atoms with Gasteiger partial charge in [0.2, 0.25) is 12.7 Å². The summed E-state index contributed by atoms with van der Waals surface area (Å²) in [5, 5.41) is 2.92. The van der Waals surface area contributed by atoms with Crippen molar-refractivity contribution in [2.45, 2.75) is 18.3 Å². The summed E-state index contributed by atoms with van der Waals surface area (Å²) in [5.41, 5.74) is 1.26. The molecule has 1 saturated carbocycles. The number of fused-ring (bicyclic) bond motifs is 1. The Labute approximate surface area is 111 Å². The molecule has 2 aliphatic rings. The number of hydrogen-bond donors (Lipinski definition) is 1. The largest absolute Gasteiger partial charge is 0.454 e. The van der Waals surface area contributed by atoms with E-state index in [1.165, 1.54) is 12.7 Å². The summed E-state index contributed by atoms with van der Waals surface area (Å²) in [7, 11) is 1.52. The van der Waals surface area contributed by atoms with E-state index in [1.54, 1.807) is 0 Å². The van der Waals surface area contributed by atoms with Gasteiger partial charge in [-0.3, -0.25) is 4.79 Å². The molecule has 5 heteroatoms. The quantitative estimate of drug-likeness (QED) is 0.867. The third-order valence-electron chi connectivity index (χ3n) is 3.74. The number of carbonyl (C=O) groups is 1. The fourth-order valence-electron chi connectivity index (χ4n) is 2.39. The number of carbonyl (C=O) groups excluding carboxylic acids is 1. The standard InChI is InChI=1S/C14H17NO4/c1-17-7-13(16)15-8-14(4-5-14)10-2-3-11-12(6-10)19-9-18-11/h2-3,6H,4-5,7-9H2,1H3,(H,15,16). The number of nitrogens with one attached hydrogen (secondary N) is 1. The summed E-state index contributed by atoms with van der Waals surface area (Å²) in [4.78, 5) is 11.5. The lowest BCUT2D eigenvalue weighted by Crippen LogP contribution is -2.34. The molecule has 3 rings (SSSR count). The molecule has 0 bridgehead atoms. The zero-order chi connectivity index (χ0) is 13.3. The van der Waals surface area contributed by atoms with Gasteiger partial charge in [-0.15, -0.1) is 0 Å². The Kier molecular flexibility index (Phi) is 3.06. The fourth-order valence-corrected chi connectivity index (χ4v) is 2.39. The van der Waals surface area contributed by atoms with E-state index in [9.17, 15) is 4.79 Å². The maximum Gasteiger partial charge on any atom is 0.246 e. The van der Waals surface area contributed by atoms with Crippen LogP contribution < -0.4 is 14.8 Å². The number of hydrogen-bond acceptors (Lipinski definition) is 4. The topological polar surface area (TPSA) is 56.8 Å². The SMILES string of the molecule is COCC(=O)NCC1(c2ccc3c(c2)OCO3)CC1. The van der Waals surface area contributed by atoms with Crippen LogP contribution in [0.2, 0.25) is 0 Å². The monoisotopic (exact) mass is 263 g/mol. The second-order valence-corrected chi connectivity index (χ2v) is 5.06. The first-order valence-corrected chi connectivity index (χ1v) is 6.39. The highest BCUT2D eigenvalue weighted by molar-refractivity contribution is 5.77. The Morgan fingerprint density at radius 3 is 2.89 bits per heavy atom. The van der Waals surface area contributed by atoms with Crippen LogP contribution in [0.15, 0.2) is 18.2 Å². The smallest absolute Gasteiger partial charge is 0.246 e. The first-order valence-electron chi connectivity index (χ1n) is 6.39. The van der Waals surface area contributed by atoms with E-state index in [-0.39, 0.29) is 24.7 Å². The van der Waals surface area contributed by atoms with Crippen LogP contribution in [0, 0.1) is 0 Å². The number of methoxy groups -OCH3 is 1. The molecule has 102 valence electrons. The molecule has 0 atom stereocenters. The summed E-state index contributed by atoms with van der Waals surface area (Å²) < 4.78 is 15.5. The molecule has 1 fully saturated rings. The molecule has 0 unspecified atom stereocenters. The van der Waals surface area contributed by atoms with Gasteiger partial charge in [0.25, 0.3) is 0 Å². The van der Waals surface area contributed by atoms with Crippen molar-refractivity contribution in [1.82, 2.24) is 5.32 Å². The van der Waals surface area contributed by atoms with Crippen molar-refractivity contribution >= 4 is 5.91 Å². The second kappa shape index (κ2) is 4.74. The van der Waals surface area contributed by atoms with E-state index in [0.717, 1.165) is 24.3 Å². The van der Waals surface area contributed by atoms with Gasteiger partial charge in [-0.25, -0.2) is 0 Å². The molecule has 0 saturated heterocycles. The van der Waals surface area contributed by atoms with Crippen molar-refractivity contribution in [3.8, 4) is 11.5 Å². The number of benzene rings is 1. The number of ether oxygens (including phenoxy) is 3. The predicted molar refractivity (Wildman–Crippen MR) is 68.4 cm³/mol. The van der Waals surface area contributed by atoms with Crippen molar-refractivity contribution in [3.05, 3.63) is 23.8 Å². The zero-order valence-electron chi connectivity index (χ0n) is 10.9. The highest BCUT2D eigenvalue weighted by atomic mass is 16.7. The summed E-state index contributed by atoms with van der Waals surface area (Å²) in [5.74, 6) is 1.52. The summed E-state index contributed by atoms with van der Waals surface area (Å²) >= 11 is 0. The Bertz CT molecular complexity index is 496. The predicted octanol–water partition coefficient (Wildman–Crippen LogP) is 1.21. The molecular formula is C14H17NO4. The highest BCUT2D eigenvalue weighted by Crippen LogP contribution is 2.49. The summed E-state index contributed by atoms with van der Waals surface area (Å²) in [6.07, 6.45) is 2.17. The van der Waals surface area contributed by atoms with Crippen molar-refractivity contribution < 1.29 is 19.0 Å².